The lowest BCUT2D eigenvalue weighted by molar-refractivity contribution is -0.0102. The van der Waals surface area contributed by atoms with E-state index in [9.17, 15) is 13.6 Å². The quantitative estimate of drug-likeness (QED) is 0.883. The fraction of sp³-hybridized carbons (Fsp3) is 0.462. The monoisotopic (exact) mass is 255 g/mol. The summed E-state index contributed by atoms with van der Waals surface area (Å²) in [6.45, 7) is 0.800. The van der Waals surface area contributed by atoms with E-state index >= 15 is 0 Å². The van der Waals surface area contributed by atoms with Crippen LogP contribution in [-0.2, 0) is 0 Å². The summed E-state index contributed by atoms with van der Waals surface area (Å²) in [5.41, 5.74) is 0.885. The maximum Gasteiger partial charge on any atom is 0.335 e. The van der Waals surface area contributed by atoms with Crippen molar-refractivity contribution in [2.45, 2.75) is 25.2 Å². The van der Waals surface area contributed by atoms with Gasteiger partial charge in [-0.25, -0.2) is 13.6 Å². The Kier molecular flexibility index (Phi) is 3.50. The highest BCUT2D eigenvalue weighted by atomic mass is 19.3. The number of rotatable bonds is 2. The summed E-state index contributed by atoms with van der Waals surface area (Å²) >= 11 is 0. The van der Waals surface area contributed by atoms with Crippen molar-refractivity contribution in [3.63, 3.8) is 0 Å². The summed E-state index contributed by atoms with van der Waals surface area (Å²) in [6, 6.07) is 6.43. The molecule has 5 heteroatoms. The van der Waals surface area contributed by atoms with Gasteiger partial charge in [0, 0.05) is 31.6 Å². The SMILES string of the molecule is O=C(O)c1cccc(N2CCCC(F)(F)CC2)c1. The fourth-order valence-electron chi connectivity index (χ4n) is 2.16. The molecule has 1 saturated heterocycles. The number of carbonyl (C=O) groups is 1. The van der Waals surface area contributed by atoms with E-state index in [1.165, 1.54) is 12.1 Å². The van der Waals surface area contributed by atoms with Crippen molar-refractivity contribution < 1.29 is 18.7 Å². The number of aromatic carboxylic acids is 1. The first kappa shape index (κ1) is 12.8. The van der Waals surface area contributed by atoms with Gasteiger partial charge in [0.15, 0.2) is 0 Å². The second-order valence-corrected chi connectivity index (χ2v) is 4.55. The van der Waals surface area contributed by atoms with Crippen molar-refractivity contribution >= 4 is 11.7 Å². The lowest BCUT2D eigenvalue weighted by atomic mass is 10.1. The van der Waals surface area contributed by atoms with Crippen LogP contribution in [0.1, 0.15) is 29.6 Å². The highest BCUT2D eigenvalue weighted by Gasteiger charge is 2.31. The van der Waals surface area contributed by atoms with Crippen LogP contribution in [0.4, 0.5) is 14.5 Å². The fourth-order valence-corrected chi connectivity index (χ4v) is 2.16. The Hall–Kier alpha value is -1.65. The second-order valence-electron chi connectivity index (χ2n) is 4.55. The maximum atomic E-state index is 13.2. The van der Waals surface area contributed by atoms with Crippen LogP contribution in [-0.4, -0.2) is 30.1 Å². The lowest BCUT2D eigenvalue weighted by Crippen LogP contribution is -2.25. The van der Waals surface area contributed by atoms with Gasteiger partial charge in [-0.1, -0.05) is 6.07 Å². The molecule has 0 bridgehead atoms. The largest absolute Gasteiger partial charge is 0.478 e. The Labute approximate surface area is 104 Å². The standard InChI is InChI=1S/C13H15F2NO2/c14-13(15)5-2-7-16(8-6-13)11-4-1-3-10(9-11)12(17)18/h1,3-4,9H,2,5-8H2,(H,17,18). The minimum atomic E-state index is -2.60. The first-order valence-electron chi connectivity index (χ1n) is 5.94. The lowest BCUT2D eigenvalue weighted by Gasteiger charge is -2.23. The second kappa shape index (κ2) is 4.92. The molecule has 2 rings (SSSR count). The van der Waals surface area contributed by atoms with Gasteiger partial charge in [0.1, 0.15) is 0 Å². The van der Waals surface area contributed by atoms with Gasteiger partial charge in [-0.15, -0.1) is 0 Å². The number of carboxylic acids is 1. The van der Waals surface area contributed by atoms with E-state index in [1.54, 1.807) is 12.1 Å². The van der Waals surface area contributed by atoms with Crippen molar-refractivity contribution in [1.82, 2.24) is 0 Å². The Balaban J connectivity index is 2.16. The molecule has 18 heavy (non-hydrogen) atoms. The van der Waals surface area contributed by atoms with Crippen LogP contribution in [0.3, 0.4) is 0 Å². The Bertz CT molecular complexity index is 448. The third-order valence-corrected chi connectivity index (χ3v) is 3.18. The zero-order valence-corrected chi connectivity index (χ0v) is 9.90. The molecule has 1 aliphatic heterocycles. The highest BCUT2D eigenvalue weighted by molar-refractivity contribution is 5.88. The molecule has 98 valence electrons. The molecule has 3 nitrogen and oxygen atoms in total. The number of nitrogens with zero attached hydrogens (tertiary/aromatic N) is 1. The van der Waals surface area contributed by atoms with E-state index in [0.29, 0.717) is 18.7 Å². The van der Waals surface area contributed by atoms with Crippen LogP contribution in [0.15, 0.2) is 24.3 Å². The van der Waals surface area contributed by atoms with Crippen molar-refractivity contribution in [2.24, 2.45) is 0 Å². The molecule has 0 atom stereocenters. The molecule has 0 radical (unpaired) electrons. The number of halogens is 2. The first-order valence-corrected chi connectivity index (χ1v) is 5.94. The zero-order valence-electron chi connectivity index (χ0n) is 9.90. The highest BCUT2D eigenvalue weighted by Crippen LogP contribution is 2.30. The number of hydrogen-bond donors (Lipinski definition) is 1. The third kappa shape index (κ3) is 2.97. The minimum Gasteiger partial charge on any atom is -0.478 e. The molecule has 0 unspecified atom stereocenters. The summed E-state index contributed by atoms with van der Waals surface area (Å²) in [6.07, 6.45) is 0.150. The molecule has 1 N–H and O–H groups in total. The average Bonchev–Trinajstić information content (AvgIpc) is 2.50. The van der Waals surface area contributed by atoms with Gasteiger partial charge in [-0.05, 0) is 24.6 Å². The Morgan fingerprint density at radius 3 is 2.78 bits per heavy atom. The van der Waals surface area contributed by atoms with Gasteiger partial charge >= 0.3 is 5.97 Å². The van der Waals surface area contributed by atoms with Crippen molar-refractivity contribution in [2.75, 3.05) is 18.0 Å². The number of benzene rings is 1. The van der Waals surface area contributed by atoms with E-state index in [0.717, 1.165) is 0 Å². The molecule has 0 saturated carbocycles. The van der Waals surface area contributed by atoms with Crippen LogP contribution in [0.5, 0.6) is 0 Å². The number of carboxylic acid groups (broad SMARTS) is 1. The van der Waals surface area contributed by atoms with Gasteiger partial charge in [-0.2, -0.15) is 0 Å². The molecular weight excluding hydrogens is 240 g/mol. The van der Waals surface area contributed by atoms with Gasteiger partial charge in [0.25, 0.3) is 0 Å². The average molecular weight is 255 g/mol. The minimum absolute atomic E-state index is 0.0951. The molecule has 1 fully saturated rings. The van der Waals surface area contributed by atoms with E-state index in [4.69, 9.17) is 5.11 Å². The first-order chi connectivity index (χ1) is 8.48. The van der Waals surface area contributed by atoms with Gasteiger partial charge in [0.05, 0.1) is 5.56 Å². The van der Waals surface area contributed by atoms with Crippen LogP contribution in [0.2, 0.25) is 0 Å². The predicted octanol–water partition coefficient (Wildman–Crippen LogP) is 3.01. The topological polar surface area (TPSA) is 40.5 Å². The number of anilines is 1. The molecule has 1 heterocycles. The van der Waals surface area contributed by atoms with Crippen LogP contribution >= 0.6 is 0 Å². The van der Waals surface area contributed by atoms with E-state index in [1.807, 2.05) is 4.90 Å². The number of hydrogen-bond acceptors (Lipinski definition) is 2. The van der Waals surface area contributed by atoms with E-state index in [2.05, 4.69) is 0 Å². The van der Waals surface area contributed by atoms with Crippen LogP contribution in [0.25, 0.3) is 0 Å². The smallest absolute Gasteiger partial charge is 0.335 e. The number of alkyl halides is 2. The summed E-state index contributed by atoms with van der Waals surface area (Å²) < 4.78 is 26.5. The van der Waals surface area contributed by atoms with E-state index < -0.39 is 11.9 Å². The summed E-state index contributed by atoms with van der Waals surface area (Å²) in [4.78, 5) is 12.7. The van der Waals surface area contributed by atoms with Crippen LogP contribution in [0, 0.1) is 0 Å². The molecular formula is C13H15F2NO2. The molecule has 1 aliphatic rings. The van der Waals surface area contributed by atoms with Crippen molar-refractivity contribution in [3.05, 3.63) is 29.8 Å². The van der Waals surface area contributed by atoms with Crippen molar-refractivity contribution in [3.8, 4) is 0 Å². The van der Waals surface area contributed by atoms with E-state index in [-0.39, 0.29) is 24.9 Å². The molecule has 1 aromatic rings. The van der Waals surface area contributed by atoms with Gasteiger partial charge in [-0.3, -0.25) is 0 Å². The molecule has 0 amide bonds. The maximum absolute atomic E-state index is 13.2. The normalized spacial score (nSPS) is 19.3. The summed E-state index contributed by atoms with van der Waals surface area (Å²) in [5, 5.41) is 8.91. The summed E-state index contributed by atoms with van der Waals surface area (Å²) in [5.74, 6) is -3.60. The van der Waals surface area contributed by atoms with Gasteiger partial charge in [0.2, 0.25) is 5.92 Å². The molecule has 0 aromatic heterocycles. The Morgan fingerprint density at radius 1 is 1.28 bits per heavy atom. The molecule has 0 aliphatic carbocycles. The van der Waals surface area contributed by atoms with Gasteiger partial charge < -0.3 is 10.0 Å². The predicted molar refractivity (Wildman–Crippen MR) is 64.4 cm³/mol. The molecule has 0 spiro atoms. The van der Waals surface area contributed by atoms with Crippen molar-refractivity contribution in [1.29, 1.82) is 0 Å². The Morgan fingerprint density at radius 2 is 2.06 bits per heavy atom. The molecule has 1 aromatic carbocycles. The summed E-state index contributed by atoms with van der Waals surface area (Å²) in [7, 11) is 0. The zero-order chi connectivity index (χ0) is 13.2. The third-order valence-electron chi connectivity index (χ3n) is 3.18. The van der Waals surface area contributed by atoms with Crippen LogP contribution < -0.4 is 4.90 Å².